The molecule has 0 radical (unpaired) electrons. The Morgan fingerprint density at radius 3 is 2.83 bits per heavy atom. The molecule has 18 heavy (non-hydrogen) atoms. The number of nitro groups is 1. The average molecular weight is 254 g/mol. The number of nitrogens with one attached hydrogen (secondary N) is 1. The summed E-state index contributed by atoms with van der Waals surface area (Å²) in [6.45, 7) is 0.0733. The summed E-state index contributed by atoms with van der Waals surface area (Å²) in [5.74, 6) is -0.572. The fraction of sp³-hybridized carbons (Fsp3) is 0.300. The molecule has 1 aliphatic heterocycles. The highest BCUT2D eigenvalue weighted by Gasteiger charge is 2.28. The number of rotatable bonds is 3. The van der Waals surface area contributed by atoms with Crippen LogP contribution in [0.2, 0.25) is 0 Å². The predicted octanol–water partition coefficient (Wildman–Crippen LogP) is 1.09. The van der Waals surface area contributed by atoms with E-state index in [0.29, 0.717) is 5.56 Å². The number of alkyl carbamates (subject to hydrolysis) is 1. The van der Waals surface area contributed by atoms with E-state index in [9.17, 15) is 20.0 Å². The molecule has 1 atom stereocenters. The van der Waals surface area contributed by atoms with Crippen molar-refractivity contribution in [2.75, 3.05) is 13.7 Å². The molecule has 0 aromatic heterocycles. The number of nitro benzene ring substituents is 1. The van der Waals surface area contributed by atoms with Crippen LogP contribution in [0, 0.1) is 10.1 Å². The molecule has 96 valence electrons. The van der Waals surface area contributed by atoms with E-state index in [4.69, 9.17) is 9.47 Å². The van der Waals surface area contributed by atoms with Crippen LogP contribution in [0.5, 0.6) is 11.5 Å². The number of cyclic esters (lactones) is 1. The highest BCUT2D eigenvalue weighted by Crippen LogP contribution is 2.38. The van der Waals surface area contributed by atoms with Gasteiger partial charge < -0.3 is 19.9 Å². The Bertz CT molecular complexity index is 515. The number of benzene rings is 1. The van der Waals surface area contributed by atoms with Crippen molar-refractivity contribution < 1.29 is 24.3 Å². The minimum absolute atomic E-state index is 0.0275. The number of hydrogen-bond donors (Lipinski definition) is 2. The Labute approximate surface area is 101 Å². The zero-order valence-corrected chi connectivity index (χ0v) is 9.37. The second-order valence-corrected chi connectivity index (χ2v) is 3.64. The third kappa shape index (κ3) is 1.99. The maximum absolute atomic E-state index is 10.9. The molecular formula is C10H10N2O6. The first-order chi connectivity index (χ1) is 8.52. The summed E-state index contributed by atoms with van der Waals surface area (Å²) in [5, 5.41) is 22.9. The lowest BCUT2D eigenvalue weighted by atomic mass is 10.1. The quantitative estimate of drug-likeness (QED) is 0.617. The topological polar surface area (TPSA) is 111 Å². The highest BCUT2D eigenvalue weighted by atomic mass is 16.6. The molecule has 1 aromatic rings. The summed E-state index contributed by atoms with van der Waals surface area (Å²) < 4.78 is 9.56. The normalized spacial score (nSPS) is 18.1. The molecule has 8 nitrogen and oxygen atoms in total. The smallest absolute Gasteiger partial charge is 0.407 e. The van der Waals surface area contributed by atoms with Crippen LogP contribution in [0.3, 0.4) is 0 Å². The third-order valence-corrected chi connectivity index (χ3v) is 2.57. The van der Waals surface area contributed by atoms with Gasteiger partial charge in [0.15, 0.2) is 5.75 Å². The molecule has 2 rings (SSSR count). The number of methoxy groups -OCH3 is 1. The minimum Gasteiger partial charge on any atom is -0.500 e. The van der Waals surface area contributed by atoms with Crippen molar-refractivity contribution >= 4 is 11.8 Å². The first kappa shape index (κ1) is 12.0. The fourth-order valence-electron chi connectivity index (χ4n) is 1.67. The number of carbonyl (C=O) groups is 1. The summed E-state index contributed by atoms with van der Waals surface area (Å²) in [6.07, 6.45) is -0.588. The van der Waals surface area contributed by atoms with Crippen LogP contribution in [-0.2, 0) is 4.74 Å². The van der Waals surface area contributed by atoms with Gasteiger partial charge in [-0.25, -0.2) is 4.79 Å². The van der Waals surface area contributed by atoms with E-state index >= 15 is 0 Å². The van der Waals surface area contributed by atoms with Gasteiger partial charge in [-0.15, -0.1) is 0 Å². The lowest BCUT2D eigenvalue weighted by Crippen LogP contribution is -2.18. The lowest BCUT2D eigenvalue weighted by Gasteiger charge is -2.11. The van der Waals surface area contributed by atoms with Gasteiger partial charge in [-0.2, -0.15) is 0 Å². The standard InChI is InChI=1S/C10H10N2O6/c1-17-8-3-5(6-4-18-10(14)11-6)2-7(9(8)13)12(15)16/h2-3,6,13H,4H2,1H3,(H,11,14)/t6-/m1/s1. The predicted molar refractivity (Wildman–Crippen MR) is 58.5 cm³/mol. The van der Waals surface area contributed by atoms with Crippen LogP contribution in [0.1, 0.15) is 11.6 Å². The van der Waals surface area contributed by atoms with E-state index in [1.807, 2.05) is 0 Å². The van der Waals surface area contributed by atoms with Crippen LogP contribution >= 0.6 is 0 Å². The summed E-state index contributed by atoms with van der Waals surface area (Å²) in [6, 6.07) is 2.10. The summed E-state index contributed by atoms with van der Waals surface area (Å²) in [7, 11) is 1.28. The largest absolute Gasteiger partial charge is 0.500 e. The molecule has 0 aliphatic carbocycles. The Balaban J connectivity index is 2.45. The van der Waals surface area contributed by atoms with Gasteiger partial charge >= 0.3 is 11.8 Å². The molecule has 1 aliphatic rings. The van der Waals surface area contributed by atoms with E-state index in [2.05, 4.69) is 5.32 Å². The van der Waals surface area contributed by atoms with Crippen LogP contribution in [0.4, 0.5) is 10.5 Å². The maximum atomic E-state index is 10.9. The zero-order valence-electron chi connectivity index (χ0n) is 9.37. The second kappa shape index (κ2) is 4.40. The third-order valence-electron chi connectivity index (χ3n) is 2.57. The van der Waals surface area contributed by atoms with Crippen LogP contribution in [0.25, 0.3) is 0 Å². The molecule has 1 amide bonds. The maximum Gasteiger partial charge on any atom is 0.407 e. The van der Waals surface area contributed by atoms with Gasteiger partial charge in [-0.05, 0) is 11.6 Å². The molecule has 0 spiro atoms. The number of carbonyl (C=O) groups excluding carboxylic acids is 1. The second-order valence-electron chi connectivity index (χ2n) is 3.64. The summed E-state index contributed by atoms with van der Waals surface area (Å²) >= 11 is 0. The van der Waals surface area contributed by atoms with Crippen molar-refractivity contribution in [1.82, 2.24) is 5.32 Å². The van der Waals surface area contributed by atoms with Crippen molar-refractivity contribution in [2.45, 2.75) is 6.04 Å². The SMILES string of the molecule is COc1cc([C@H]2COC(=O)N2)cc([N+](=O)[O-])c1O. The van der Waals surface area contributed by atoms with Crippen LogP contribution in [0.15, 0.2) is 12.1 Å². The van der Waals surface area contributed by atoms with Crippen molar-refractivity contribution in [3.8, 4) is 11.5 Å². The number of nitrogens with zero attached hydrogens (tertiary/aromatic N) is 1. The van der Waals surface area contributed by atoms with Gasteiger partial charge in [0.2, 0.25) is 5.75 Å². The average Bonchev–Trinajstić information content (AvgIpc) is 2.76. The van der Waals surface area contributed by atoms with Gasteiger partial charge in [-0.1, -0.05) is 0 Å². The number of aromatic hydroxyl groups is 1. The summed E-state index contributed by atoms with van der Waals surface area (Å²) in [5.41, 5.74) is -0.0484. The van der Waals surface area contributed by atoms with E-state index < -0.39 is 28.5 Å². The lowest BCUT2D eigenvalue weighted by molar-refractivity contribution is -0.386. The molecule has 0 saturated carbocycles. The van der Waals surface area contributed by atoms with E-state index in [0.717, 1.165) is 0 Å². The molecule has 8 heteroatoms. The Morgan fingerprint density at radius 2 is 2.33 bits per heavy atom. The van der Waals surface area contributed by atoms with Gasteiger partial charge in [0.1, 0.15) is 6.61 Å². The highest BCUT2D eigenvalue weighted by molar-refractivity contribution is 5.70. The fourth-order valence-corrected chi connectivity index (χ4v) is 1.67. The van der Waals surface area contributed by atoms with Gasteiger partial charge in [0, 0.05) is 6.07 Å². The zero-order chi connectivity index (χ0) is 13.3. The number of amides is 1. The molecule has 0 bridgehead atoms. The van der Waals surface area contributed by atoms with Crippen LogP contribution in [-0.4, -0.2) is 29.8 Å². The Morgan fingerprint density at radius 1 is 1.61 bits per heavy atom. The van der Waals surface area contributed by atoms with Crippen molar-refractivity contribution in [3.63, 3.8) is 0 Å². The van der Waals surface area contributed by atoms with Gasteiger partial charge in [-0.3, -0.25) is 10.1 Å². The molecule has 2 N–H and O–H groups in total. The molecular weight excluding hydrogens is 244 g/mol. The molecule has 1 heterocycles. The molecule has 1 saturated heterocycles. The number of ether oxygens (including phenoxy) is 2. The van der Waals surface area contributed by atoms with E-state index in [1.54, 1.807) is 0 Å². The number of phenols is 1. The summed E-state index contributed by atoms with van der Waals surface area (Å²) in [4.78, 5) is 21.0. The first-order valence-corrected chi connectivity index (χ1v) is 5.01. The number of hydrogen-bond acceptors (Lipinski definition) is 6. The molecule has 1 aromatic carbocycles. The number of phenolic OH excluding ortho intramolecular Hbond substituents is 1. The van der Waals surface area contributed by atoms with E-state index in [1.165, 1.54) is 19.2 Å². The monoisotopic (exact) mass is 254 g/mol. The van der Waals surface area contributed by atoms with Crippen LogP contribution < -0.4 is 10.1 Å². The van der Waals surface area contributed by atoms with E-state index in [-0.39, 0.29) is 12.4 Å². The first-order valence-electron chi connectivity index (χ1n) is 5.01. The Kier molecular flexibility index (Phi) is 2.92. The molecule has 1 fully saturated rings. The van der Waals surface area contributed by atoms with Gasteiger partial charge in [0.05, 0.1) is 18.1 Å². The van der Waals surface area contributed by atoms with Crippen molar-refractivity contribution in [3.05, 3.63) is 27.8 Å². The van der Waals surface area contributed by atoms with Crippen molar-refractivity contribution in [2.24, 2.45) is 0 Å². The van der Waals surface area contributed by atoms with Gasteiger partial charge in [0.25, 0.3) is 0 Å². The Hall–Kier alpha value is -2.51. The minimum atomic E-state index is -0.723. The van der Waals surface area contributed by atoms with Crippen molar-refractivity contribution in [1.29, 1.82) is 0 Å². The molecule has 0 unspecified atom stereocenters.